The van der Waals surface area contributed by atoms with Gasteiger partial charge in [0.05, 0.1) is 11.5 Å². The van der Waals surface area contributed by atoms with Gasteiger partial charge in [0.25, 0.3) is 0 Å². The number of hydrogen-bond donors (Lipinski definition) is 1. The van der Waals surface area contributed by atoms with Gasteiger partial charge in [0.15, 0.2) is 0 Å². The second-order valence-corrected chi connectivity index (χ2v) is 8.54. The number of aromatic nitrogens is 2. The number of sulfone groups is 1. The molecule has 1 aliphatic rings. The summed E-state index contributed by atoms with van der Waals surface area (Å²) in [6.07, 6.45) is 2.28. The van der Waals surface area contributed by atoms with Crippen LogP contribution >= 0.6 is 11.3 Å². The Balaban J connectivity index is 1.88. The summed E-state index contributed by atoms with van der Waals surface area (Å²) in [6.45, 7) is 4.31. The predicted molar refractivity (Wildman–Crippen MR) is 73.7 cm³/mol. The third kappa shape index (κ3) is 3.91. The maximum atomic E-state index is 11.3. The molecule has 0 atom stereocenters. The van der Waals surface area contributed by atoms with Gasteiger partial charge in [-0.2, -0.15) is 0 Å². The lowest BCUT2D eigenvalue weighted by Gasteiger charge is -2.22. The summed E-state index contributed by atoms with van der Waals surface area (Å²) in [5.41, 5.74) is 0. The van der Waals surface area contributed by atoms with Crippen molar-refractivity contribution >= 4 is 26.3 Å². The summed E-state index contributed by atoms with van der Waals surface area (Å²) in [4.78, 5) is 0. The number of rotatable bonds is 4. The minimum absolute atomic E-state index is 0.216. The van der Waals surface area contributed by atoms with Gasteiger partial charge < -0.3 is 5.32 Å². The Labute approximate surface area is 112 Å². The van der Waals surface area contributed by atoms with Crippen molar-refractivity contribution in [1.29, 1.82) is 0 Å². The molecule has 5 nitrogen and oxygen atoms in total. The molecule has 18 heavy (non-hydrogen) atoms. The van der Waals surface area contributed by atoms with E-state index in [-0.39, 0.29) is 17.5 Å². The van der Waals surface area contributed by atoms with Crippen LogP contribution in [0.1, 0.15) is 31.7 Å². The van der Waals surface area contributed by atoms with Crippen LogP contribution in [-0.2, 0) is 16.3 Å². The van der Waals surface area contributed by atoms with Gasteiger partial charge in [0.1, 0.15) is 14.8 Å². The van der Waals surface area contributed by atoms with Crippen LogP contribution in [0.2, 0.25) is 0 Å². The summed E-state index contributed by atoms with van der Waals surface area (Å²) < 4.78 is 22.6. The average molecular weight is 289 g/mol. The van der Waals surface area contributed by atoms with E-state index in [2.05, 4.69) is 29.4 Å². The zero-order chi connectivity index (χ0) is 13.2. The van der Waals surface area contributed by atoms with Crippen molar-refractivity contribution in [3.05, 3.63) is 5.01 Å². The van der Waals surface area contributed by atoms with Gasteiger partial charge in [0, 0.05) is 12.5 Å². The zero-order valence-corrected chi connectivity index (χ0v) is 12.4. The molecule has 1 aromatic heterocycles. The van der Waals surface area contributed by atoms with E-state index in [0.717, 1.165) is 16.6 Å². The van der Waals surface area contributed by atoms with Gasteiger partial charge in [0.2, 0.25) is 5.13 Å². The summed E-state index contributed by atoms with van der Waals surface area (Å²) in [7, 11) is -2.79. The van der Waals surface area contributed by atoms with E-state index in [0.29, 0.717) is 18.8 Å². The lowest BCUT2D eigenvalue weighted by atomic mass is 10.1. The second kappa shape index (κ2) is 5.52. The third-order valence-corrected chi connectivity index (χ3v) is 5.52. The third-order valence-electron chi connectivity index (χ3n) is 2.93. The summed E-state index contributed by atoms with van der Waals surface area (Å²) >= 11 is 1.57. The number of nitrogens with one attached hydrogen (secondary N) is 1. The van der Waals surface area contributed by atoms with Crippen molar-refractivity contribution in [3.63, 3.8) is 0 Å². The maximum absolute atomic E-state index is 11.3. The Kier molecular flexibility index (Phi) is 4.21. The van der Waals surface area contributed by atoms with E-state index in [1.807, 2.05) is 0 Å². The Morgan fingerprint density at radius 2 is 2.00 bits per heavy atom. The molecule has 0 aliphatic carbocycles. The minimum Gasteiger partial charge on any atom is -0.357 e. The van der Waals surface area contributed by atoms with Crippen LogP contribution in [0.25, 0.3) is 0 Å². The minimum atomic E-state index is -2.79. The molecule has 1 N–H and O–H groups in total. The molecule has 0 unspecified atom stereocenters. The normalized spacial score (nSPS) is 20.2. The van der Waals surface area contributed by atoms with Crippen LogP contribution in [0.3, 0.4) is 0 Å². The van der Waals surface area contributed by atoms with Gasteiger partial charge in [-0.15, -0.1) is 10.2 Å². The van der Waals surface area contributed by atoms with Gasteiger partial charge in [-0.3, -0.25) is 0 Å². The average Bonchev–Trinajstić information content (AvgIpc) is 2.68. The Morgan fingerprint density at radius 1 is 1.33 bits per heavy atom. The van der Waals surface area contributed by atoms with E-state index in [1.165, 1.54) is 0 Å². The quantitative estimate of drug-likeness (QED) is 0.914. The molecule has 0 spiro atoms. The van der Waals surface area contributed by atoms with Crippen LogP contribution in [0, 0.1) is 5.92 Å². The van der Waals surface area contributed by atoms with Crippen LogP contribution in [0.5, 0.6) is 0 Å². The molecule has 0 aromatic carbocycles. The van der Waals surface area contributed by atoms with Crippen molar-refractivity contribution < 1.29 is 8.42 Å². The van der Waals surface area contributed by atoms with Crippen LogP contribution < -0.4 is 5.32 Å². The SMILES string of the molecule is CC(C)Cc1nnc(NC2CCS(=O)(=O)CC2)s1. The summed E-state index contributed by atoms with van der Waals surface area (Å²) in [5, 5.41) is 13.4. The van der Waals surface area contributed by atoms with Crippen molar-refractivity contribution in [2.24, 2.45) is 5.92 Å². The Morgan fingerprint density at radius 3 is 2.61 bits per heavy atom. The molecule has 0 bridgehead atoms. The van der Waals surface area contributed by atoms with Crippen molar-refractivity contribution in [2.75, 3.05) is 16.8 Å². The molecular weight excluding hydrogens is 270 g/mol. The Bertz CT molecular complexity index is 482. The molecule has 1 aromatic rings. The fourth-order valence-corrected chi connectivity index (χ4v) is 4.47. The first kappa shape index (κ1) is 13.7. The topological polar surface area (TPSA) is 72.0 Å². The fraction of sp³-hybridized carbons (Fsp3) is 0.818. The second-order valence-electron chi connectivity index (χ2n) is 5.17. The monoisotopic (exact) mass is 289 g/mol. The largest absolute Gasteiger partial charge is 0.357 e. The number of hydrogen-bond acceptors (Lipinski definition) is 6. The molecular formula is C11H19N3O2S2. The first-order valence-corrected chi connectivity index (χ1v) is 8.88. The van der Waals surface area contributed by atoms with Crippen LogP contribution in [-0.4, -0.2) is 36.2 Å². The molecule has 0 radical (unpaired) electrons. The molecule has 1 saturated heterocycles. The highest BCUT2D eigenvalue weighted by Gasteiger charge is 2.24. The first-order chi connectivity index (χ1) is 8.44. The lowest BCUT2D eigenvalue weighted by molar-refractivity contribution is 0.559. The standard InChI is InChI=1S/C11H19N3O2S2/c1-8(2)7-10-13-14-11(17-10)12-9-3-5-18(15,16)6-4-9/h8-9H,3-7H2,1-2H3,(H,12,14). The highest BCUT2D eigenvalue weighted by Crippen LogP contribution is 2.22. The number of nitrogens with zero attached hydrogens (tertiary/aromatic N) is 2. The van der Waals surface area contributed by atoms with Gasteiger partial charge in [-0.25, -0.2) is 8.42 Å². The smallest absolute Gasteiger partial charge is 0.205 e. The van der Waals surface area contributed by atoms with Crippen LogP contribution in [0.15, 0.2) is 0 Å². The molecule has 0 saturated carbocycles. The van der Waals surface area contributed by atoms with E-state index in [9.17, 15) is 8.42 Å². The maximum Gasteiger partial charge on any atom is 0.205 e. The van der Waals surface area contributed by atoms with Gasteiger partial charge in [-0.05, 0) is 18.8 Å². The molecule has 7 heteroatoms. The predicted octanol–water partition coefficient (Wildman–Crippen LogP) is 1.73. The van der Waals surface area contributed by atoms with E-state index >= 15 is 0 Å². The van der Waals surface area contributed by atoms with E-state index < -0.39 is 9.84 Å². The summed E-state index contributed by atoms with van der Waals surface area (Å²) in [5.74, 6) is 1.13. The highest BCUT2D eigenvalue weighted by atomic mass is 32.2. The van der Waals surface area contributed by atoms with Crippen molar-refractivity contribution in [3.8, 4) is 0 Å². The van der Waals surface area contributed by atoms with E-state index in [1.54, 1.807) is 11.3 Å². The molecule has 2 heterocycles. The molecule has 1 fully saturated rings. The first-order valence-electron chi connectivity index (χ1n) is 6.24. The summed E-state index contributed by atoms with van der Waals surface area (Å²) in [6, 6.07) is 0.216. The molecule has 102 valence electrons. The van der Waals surface area contributed by atoms with Gasteiger partial charge >= 0.3 is 0 Å². The zero-order valence-electron chi connectivity index (χ0n) is 10.7. The number of anilines is 1. The van der Waals surface area contributed by atoms with Crippen molar-refractivity contribution in [2.45, 2.75) is 39.2 Å². The van der Waals surface area contributed by atoms with E-state index in [4.69, 9.17) is 0 Å². The molecule has 2 rings (SSSR count). The highest BCUT2D eigenvalue weighted by molar-refractivity contribution is 7.91. The molecule has 1 aliphatic heterocycles. The fourth-order valence-electron chi connectivity index (χ4n) is 1.95. The molecule has 0 amide bonds. The van der Waals surface area contributed by atoms with Crippen molar-refractivity contribution in [1.82, 2.24) is 10.2 Å². The van der Waals surface area contributed by atoms with Crippen LogP contribution in [0.4, 0.5) is 5.13 Å². The Hall–Kier alpha value is -0.690. The van der Waals surface area contributed by atoms with Gasteiger partial charge in [-0.1, -0.05) is 25.2 Å². The lowest BCUT2D eigenvalue weighted by Crippen LogP contribution is -2.32.